The normalized spacial score (nSPS) is 12.4. The largest absolute Gasteiger partial charge is 0.325 e. The van der Waals surface area contributed by atoms with Crippen molar-refractivity contribution in [2.45, 2.75) is 37.1 Å². The first-order valence-electron chi connectivity index (χ1n) is 6.89. The van der Waals surface area contributed by atoms with E-state index in [1.54, 1.807) is 10.9 Å². The fourth-order valence-electron chi connectivity index (χ4n) is 1.94. The van der Waals surface area contributed by atoms with E-state index in [0.29, 0.717) is 5.92 Å². The van der Waals surface area contributed by atoms with Gasteiger partial charge in [0.2, 0.25) is 5.91 Å². The van der Waals surface area contributed by atoms with Crippen LogP contribution in [-0.2, 0) is 11.8 Å². The number of thioether (sulfide) groups is 1. The molecule has 0 spiro atoms. The molecule has 1 heterocycles. The van der Waals surface area contributed by atoms with Gasteiger partial charge in [-0.2, -0.15) is 0 Å². The van der Waals surface area contributed by atoms with Crippen LogP contribution in [0.1, 0.15) is 32.3 Å². The van der Waals surface area contributed by atoms with E-state index >= 15 is 0 Å². The molecular weight excluding hydrogens is 284 g/mol. The van der Waals surface area contributed by atoms with Crippen molar-refractivity contribution >= 4 is 23.4 Å². The molecule has 2 rings (SSSR count). The Kier molecular flexibility index (Phi) is 5.01. The molecule has 1 N–H and O–H groups in total. The molecule has 0 fully saturated rings. The van der Waals surface area contributed by atoms with E-state index < -0.39 is 0 Å². The van der Waals surface area contributed by atoms with Gasteiger partial charge in [-0.05, 0) is 24.5 Å². The number of aromatic nitrogens is 3. The monoisotopic (exact) mass is 304 g/mol. The Labute approximate surface area is 129 Å². The molecule has 0 saturated carbocycles. The van der Waals surface area contributed by atoms with Gasteiger partial charge in [0, 0.05) is 12.7 Å². The summed E-state index contributed by atoms with van der Waals surface area (Å²) < 4.78 is 1.80. The maximum absolute atomic E-state index is 12.3. The number of benzene rings is 1. The van der Waals surface area contributed by atoms with E-state index in [4.69, 9.17) is 0 Å². The minimum atomic E-state index is -0.242. The molecule has 6 heteroatoms. The predicted molar refractivity (Wildman–Crippen MR) is 85.5 cm³/mol. The molecule has 2 aromatic rings. The summed E-state index contributed by atoms with van der Waals surface area (Å²) in [4.78, 5) is 12.3. The summed E-state index contributed by atoms with van der Waals surface area (Å²) in [5.41, 5.74) is 2.02. The van der Waals surface area contributed by atoms with Crippen molar-refractivity contribution in [3.05, 3.63) is 36.2 Å². The van der Waals surface area contributed by atoms with Crippen molar-refractivity contribution in [1.82, 2.24) is 14.8 Å². The van der Waals surface area contributed by atoms with Crippen molar-refractivity contribution in [2.24, 2.45) is 7.05 Å². The lowest BCUT2D eigenvalue weighted by atomic mass is 10.0. The average Bonchev–Trinajstić information content (AvgIpc) is 2.84. The Morgan fingerprint density at radius 3 is 2.62 bits per heavy atom. The molecule has 1 amide bonds. The number of nitrogens with one attached hydrogen (secondary N) is 1. The molecule has 112 valence electrons. The standard InChI is InChI=1S/C15H20N4OS/c1-10(2)12-7-5-6-8-13(12)17-14(20)11(3)21-15-18-16-9-19(15)4/h5-11H,1-4H3,(H,17,20). The summed E-state index contributed by atoms with van der Waals surface area (Å²) in [6.07, 6.45) is 1.63. The topological polar surface area (TPSA) is 59.8 Å². The Morgan fingerprint density at radius 2 is 2.00 bits per heavy atom. The Morgan fingerprint density at radius 1 is 1.29 bits per heavy atom. The lowest BCUT2D eigenvalue weighted by molar-refractivity contribution is -0.115. The van der Waals surface area contributed by atoms with E-state index in [1.165, 1.54) is 11.8 Å². The van der Waals surface area contributed by atoms with Gasteiger partial charge < -0.3 is 9.88 Å². The number of aryl methyl sites for hydroxylation is 1. The fourth-order valence-corrected chi connectivity index (χ4v) is 2.73. The van der Waals surface area contributed by atoms with Gasteiger partial charge in [0.25, 0.3) is 0 Å². The highest BCUT2D eigenvalue weighted by atomic mass is 32.2. The van der Waals surface area contributed by atoms with E-state index in [0.717, 1.165) is 16.4 Å². The molecular formula is C15H20N4OS. The molecule has 0 aliphatic rings. The lowest BCUT2D eigenvalue weighted by Crippen LogP contribution is -2.23. The molecule has 0 bridgehead atoms. The van der Waals surface area contributed by atoms with E-state index in [-0.39, 0.29) is 11.2 Å². The average molecular weight is 304 g/mol. The van der Waals surface area contributed by atoms with Gasteiger partial charge in [0.15, 0.2) is 5.16 Å². The second-order valence-corrected chi connectivity index (χ2v) is 6.52. The maximum Gasteiger partial charge on any atom is 0.237 e. The third kappa shape index (κ3) is 3.85. The highest BCUT2D eigenvalue weighted by molar-refractivity contribution is 8.00. The van der Waals surface area contributed by atoms with Gasteiger partial charge in [-0.25, -0.2) is 0 Å². The second kappa shape index (κ2) is 6.76. The Bertz CT molecular complexity index is 624. The number of para-hydroxylation sites is 1. The molecule has 1 unspecified atom stereocenters. The van der Waals surface area contributed by atoms with Crippen LogP contribution < -0.4 is 5.32 Å². The van der Waals surface area contributed by atoms with E-state index in [9.17, 15) is 4.79 Å². The smallest absolute Gasteiger partial charge is 0.237 e. The van der Waals surface area contributed by atoms with Gasteiger partial charge in [-0.3, -0.25) is 4.79 Å². The van der Waals surface area contributed by atoms with Gasteiger partial charge in [0.1, 0.15) is 6.33 Å². The van der Waals surface area contributed by atoms with Crippen molar-refractivity contribution in [3.8, 4) is 0 Å². The zero-order valence-corrected chi connectivity index (χ0v) is 13.5. The van der Waals surface area contributed by atoms with Crippen molar-refractivity contribution < 1.29 is 4.79 Å². The fraction of sp³-hybridized carbons (Fsp3) is 0.400. The van der Waals surface area contributed by atoms with E-state index in [1.807, 2.05) is 38.2 Å². The summed E-state index contributed by atoms with van der Waals surface area (Å²) in [6, 6.07) is 7.90. The molecule has 0 radical (unpaired) electrons. The van der Waals surface area contributed by atoms with Crippen LogP contribution in [0.5, 0.6) is 0 Å². The second-order valence-electron chi connectivity index (χ2n) is 5.22. The number of carbonyl (C=O) groups excluding carboxylic acids is 1. The van der Waals surface area contributed by atoms with Crippen LogP contribution >= 0.6 is 11.8 Å². The number of hydrogen-bond donors (Lipinski definition) is 1. The third-order valence-electron chi connectivity index (χ3n) is 3.16. The summed E-state index contributed by atoms with van der Waals surface area (Å²) >= 11 is 1.40. The van der Waals surface area contributed by atoms with Crippen LogP contribution in [0.2, 0.25) is 0 Å². The third-order valence-corrected chi connectivity index (χ3v) is 4.31. The van der Waals surface area contributed by atoms with Crippen LogP contribution in [0.15, 0.2) is 35.7 Å². The number of anilines is 1. The highest BCUT2D eigenvalue weighted by Gasteiger charge is 2.18. The maximum atomic E-state index is 12.3. The van der Waals surface area contributed by atoms with E-state index in [2.05, 4.69) is 29.4 Å². The zero-order valence-electron chi connectivity index (χ0n) is 12.7. The quantitative estimate of drug-likeness (QED) is 0.863. The minimum Gasteiger partial charge on any atom is -0.325 e. The van der Waals surface area contributed by atoms with Crippen LogP contribution in [0, 0.1) is 0 Å². The first-order valence-corrected chi connectivity index (χ1v) is 7.77. The summed E-state index contributed by atoms with van der Waals surface area (Å²) in [7, 11) is 1.86. The highest BCUT2D eigenvalue weighted by Crippen LogP contribution is 2.26. The molecule has 0 aliphatic carbocycles. The summed E-state index contributed by atoms with van der Waals surface area (Å²) in [6.45, 7) is 6.10. The molecule has 21 heavy (non-hydrogen) atoms. The minimum absolute atomic E-state index is 0.0314. The number of carbonyl (C=O) groups is 1. The van der Waals surface area contributed by atoms with Crippen LogP contribution in [0.4, 0.5) is 5.69 Å². The van der Waals surface area contributed by atoms with Gasteiger partial charge in [0.05, 0.1) is 5.25 Å². The molecule has 1 atom stereocenters. The number of amides is 1. The number of rotatable bonds is 5. The molecule has 5 nitrogen and oxygen atoms in total. The van der Waals surface area contributed by atoms with Crippen LogP contribution in [0.3, 0.4) is 0 Å². The summed E-state index contributed by atoms with van der Waals surface area (Å²) in [5, 5.41) is 11.3. The first-order chi connectivity index (χ1) is 9.99. The van der Waals surface area contributed by atoms with Gasteiger partial charge in [-0.15, -0.1) is 10.2 Å². The van der Waals surface area contributed by atoms with Crippen LogP contribution in [-0.4, -0.2) is 25.9 Å². The van der Waals surface area contributed by atoms with Crippen LogP contribution in [0.25, 0.3) is 0 Å². The van der Waals surface area contributed by atoms with Crippen molar-refractivity contribution in [1.29, 1.82) is 0 Å². The number of nitrogens with zero attached hydrogens (tertiary/aromatic N) is 3. The molecule has 0 saturated heterocycles. The number of hydrogen-bond acceptors (Lipinski definition) is 4. The predicted octanol–water partition coefficient (Wildman–Crippen LogP) is 3.06. The summed E-state index contributed by atoms with van der Waals surface area (Å²) in [5.74, 6) is 0.333. The molecule has 1 aromatic carbocycles. The van der Waals surface area contributed by atoms with Crippen molar-refractivity contribution in [2.75, 3.05) is 5.32 Å². The molecule has 1 aromatic heterocycles. The first kappa shape index (κ1) is 15.6. The SMILES string of the molecule is CC(Sc1nncn1C)C(=O)Nc1ccccc1C(C)C. The lowest BCUT2D eigenvalue weighted by Gasteiger charge is -2.16. The zero-order chi connectivity index (χ0) is 15.4. The van der Waals surface area contributed by atoms with Gasteiger partial charge in [-0.1, -0.05) is 43.8 Å². The van der Waals surface area contributed by atoms with Gasteiger partial charge >= 0.3 is 0 Å². The Hall–Kier alpha value is -1.82. The van der Waals surface area contributed by atoms with Crippen molar-refractivity contribution in [3.63, 3.8) is 0 Å². The Balaban J connectivity index is 2.06. The molecule has 0 aliphatic heterocycles.